The fourth-order valence-electron chi connectivity index (χ4n) is 2.21. The third kappa shape index (κ3) is 11.4. The van der Waals surface area contributed by atoms with Crippen molar-refractivity contribution in [1.29, 1.82) is 0 Å². The van der Waals surface area contributed by atoms with Crippen LogP contribution in [-0.4, -0.2) is 75.1 Å². The average molecular weight is 271 g/mol. The Morgan fingerprint density at radius 3 is 1.74 bits per heavy atom. The zero-order chi connectivity index (χ0) is 14.7. The van der Waals surface area contributed by atoms with E-state index in [2.05, 4.69) is 56.7 Å². The van der Waals surface area contributed by atoms with Crippen LogP contribution in [0.4, 0.5) is 0 Å². The lowest BCUT2D eigenvalue weighted by Gasteiger charge is -2.23. The van der Waals surface area contributed by atoms with Gasteiger partial charge in [0.1, 0.15) is 0 Å². The summed E-state index contributed by atoms with van der Waals surface area (Å²) in [7, 11) is 8.82. The third-order valence-corrected chi connectivity index (χ3v) is 4.00. The van der Waals surface area contributed by atoms with E-state index in [1.807, 2.05) is 0 Å². The largest absolute Gasteiger partial charge is 0.307 e. The van der Waals surface area contributed by atoms with Crippen molar-refractivity contribution in [3.8, 4) is 0 Å². The lowest BCUT2D eigenvalue weighted by atomic mass is 10.2. The van der Waals surface area contributed by atoms with Crippen LogP contribution in [0.5, 0.6) is 0 Å². The molecule has 0 bridgehead atoms. The minimum atomic E-state index is 0.685. The summed E-state index contributed by atoms with van der Waals surface area (Å²) in [5, 5.41) is 0. The summed E-state index contributed by atoms with van der Waals surface area (Å²) in [5.41, 5.74) is 0. The van der Waals surface area contributed by atoms with Gasteiger partial charge in [-0.3, -0.25) is 0 Å². The Balaban J connectivity index is 3.41. The smallest absolute Gasteiger partial charge is 0.00730 e. The van der Waals surface area contributed by atoms with E-state index in [1.165, 1.54) is 58.3 Å². The molecule has 0 aromatic carbocycles. The number of unbranched alkanes of at least 4 members (excludes halogenated alkanes) is 2. The summed E-state index contributed by atoms with van der Waals surface area (Å²) in [6.07, 6.45) is 6.58. The lowest BCUT2D eigenvalue weighted by molar-refractivity contribution is 0.245. The Morgan fingerprint density at radius 1 is 0.737 bits per heavy atom. The summed E-state index contributed by atoms with van der Waals surface area (Å²) in [6.45, 7) is 9.52. The van der Waals surface area contributed by atoms with E-state index in [0.29, 0.717) is 6.04 Å². The molecule has 116 valence electrons. The number of nitrogens with zero attached hydrogens (tertiary/aromatic N) is 3. The first-order valence-corrected chi connectivity index (χ1v) is 8.00. The molecule has 0 aliphatic heterocycles. The zero-order valence-corrected chi connectivity index (χ0v) is 14.3. The predicted molar refractivity (Wildman–Crippen MR) is 86.9 cm³/mol. The van der Waals surface area contributed by atoms with Crippen molar-refractivity contribution in [1.82, 2.24) is 14.7 Å². The van der Waals surface area contributed by atoms with Crippen LogP contribution in [0, 0.1) is 0 Å². The van der Waals surface area contributed by atoms with Crippen molar-refractivity contribution < 1.29 is 0 Å². The molecule has 0 amide bonds. The summed E-state index contributed by atoms with van der Waals surface area (Å²) in [4.78, 5) is 7.23. The molecule has 0 saturated carbocycles. The number of hydrogen-bond acceptors (Lipinski definition) is 3. The fraction of sp³-hybridized carbons (Fsp3) is 1.00. The molecule has 19 heavy (non-hydrogen) atoms. The Labute approximate surface area is 121 Å². The first-order chi connectivity index (χ1) is 8.97. The summed E-state index contributed by atoms with van der Waals surface area (Å²) < 4.78 is 0. The van der Waals surface area contributed by atoms with Crippen molar-refractivity contribution in [2.45, 2.75) is 52.0 Å². The number of rotatable bonds is 12. The Hall–Kier alpha value is -0.120. The molecule has 0 spiro atoms. The van der Waals surface area contributed by atoms with Gasteiger partial charge in [0.2, 0.25) is 0 Å². The topological polar surface area (TPSA) is 9.72 Å². The van der Waals surface area contributed by atoms with Crippen LogP contribution in [0.3, 0.4) is 0 Å². The zero-order valence-electron chi connectivity index (χ0n) is 14.3. The Morgan fingerprint density at radius 2 is 1.26 bits per heavy atom. The molecule has 0 radical (unpaired) electrons. The molecule has 1 atom stereocenters. The molecular weight excluding hydrogens is 234 g/mol. The highest BCUT2D eigenvalue weighted by atomic mass is 15.1. The number of hydrogen-bond donors (Lipinski definition) is 0. The molecule has 0 aromatic rings. The molecule has 0 fully saturated rings. The van der Waals surface area contributed by atoms with Crippen molar-refractivity contribution in [2.24, 2.45) is 0 Å². The van der Waals surface area contributed by atoms with Crippen molar-refractivity contribution in [2.75, 3.05) is 54.4 Å². The SMILES string of the molecule is CCCN(C)CCCCCN(C)CCC(C)N(C)C. The Kier molecular flexibility index (Phi) is 11.6. The van der Waals surface area contributed by atoms with Gasteiger partial charge in [-0.1, -0.05) is 13.3 Å². The van der Waals surface area contributed by atoms with Crippen molar-refractivity contribution in [3.05, 3.63) is 0 Å². The normalized spacial score (nSPS) is 13.7. The molecule has 0 aliphatic rings. The summed E-state index contributed by atoms with van der Waals surface area (Å²) in [5.74, 6) is 0. The molecule has 3 nitrogen and oxygen atoms in total. The molecule has 0 saturated heterocycles. The second kappa shape index (κ2) is 11.7. The van der Waals surface area contributed by atoms with Gasteiger partial charge in [-0.25, -0.2) is 0 Å². The minimum absolute atomic E-state index is 0.685. The van der Waals surface area contributed by atoms with E-state index >= 15 is 0 Å². The van der Waals surface area contributed by atoms with Gasteiger partial charge in [-0.2, -0.15) is 0 Å². The van der Waals surface area contributed by atoms with Gasteiger partial charge >= 0.3 is 0 Å². The quantitative estimate of drug-likeness (QED) is 0.505. The maximum Gasteiger partial charge on any atom is 0.00730 e. The summed E-state index contributed by atoms with van der Waals surface area (Å²) in [6, 6.07) is 0.685. The molecule has 0 heterocycles. The van der Waals surface area contributed by atoms with E-state index in [9.17, 15) is 0 Å². The van der Waals surface area contributed by atoms with E-state index in [4.69, 9.17) is 0 Å². The van der Waals surface area contributed by atoms with Crippen molar-refractivity contribution >= 4 is 0 Å². The van der Waals surface area contributed by atoms with Gasteiger partial charge < -0.3 is 14.7 Å². The first-order valence-electron chi connectivity index (χ1n) is 8.00. The van der Waals surface area contributed by atoms with Crippen LogP contribution in [0.25, 0.3) is 0 Å². The molecule has 0 aromatic heterocycles. The lowest BCUT2D eigenvalue weighted by Crippen LogP contribution is -2.30. The maximum absolute atomic E-state index is 2.48. The minimum Gasteiger partial charge on any atom is -0.307 e. The molecule has 0 N–H and O–H groups in total. The molecule has 0 aliphatic carbocycles. The highest BCUT2D eigenvalue weighted by Gasteiger charge is 2.06. The second-order valence-electron chi connectivity index (χ2n) is 6.27. The average Bonchev–Trinajstić information content (AvgIpc) is 2.35. The molecule has 0 rings (SSSR count). The predicted octanol–water partition coefficient (Wildman–Crippen LogP) is 2.77. The van der Waals surface area contributed by atoms with Crippen LogP contribution < -0.4 is 0 Å². The highest BCUT2D eigenvalue weighted by molar-refractivity contribution is 4.62. The monoisotopic (exact) mass is 271 g/mol. The molecule has 1 unspecified atom stereocenters. The van der Waals surface area contributed by atoms with Gasteiger partial charge in [0.15, 0.2) is 0 Å². The van der Waals surface area contributed by atoms with Crippen molar-refractivity contribution in [3.63, 3.8) is 0 Å². The van der Waals surface area contributed by atoms with Gasteiger partial charge in [-0.15, -0.1) is 0 Å². The van der Waals surface area contributed by atoms with Crippen LogP contribution in [0.1, 0.15) is 46.0 Å². The third-order valence-electron chi connectivity index (χ3n) is 4.00. The highest BCUT2D eigenvalue weighted by Crippen LogP contribution is 2.03. The van der Waals surface area contributed by atoms with Gasteiger partial charge in [0.05, 0.1) is 0 Å². The van der Waals surface area contributed by atoms with Crippen LogP contribution in [-0.2, 0) is 0 Å². The maximum atomic E-state index is 2.48. The first kappa shape index (κ1) is 18.9. The van der Waals surface area contributed by atoms with E-state index in [1.54, 1.807) is 0 Å². The van der Waals surface area contributed by atoms with Gasteiger partial charge in [0.25, 0.3) is 0 Å². The van der Waals surface area contributed by atoms with Gasteiger partial charge in [0, 0.05) is 6.04 Å². The van der Waals surface area contributed by atoms with E-state index in [-0.39, 0.29) is 0 Å². The standard InChI is InChI=1S/C16H37N3/c1-7-12-18(5)13-9-8-10-14-19(6)15-11-16(2)17(3)4/h16H,7-15H2,1-6H3. The summed E-state index contributed by atoms with van der Waals surface area (Å²) >= 11 is 0. The van der Waals surface area contributed by atoms with E-state index in [0.717, 1.165) is 0 Å². The van der Waals surface area contributed by atoms with Crippen LogP contribution in [0.15, 0.2) is 0 Å². The Bertz CT molecular complexity index is 194. The molecule has 3 heteroatoms. The van der Waals surface area contributed by atoms with Crippen LogP contribution >= 0.6 is 0 Å². The fourth-order valence-corrected chi connectivity index (χ4v) is 2.21. The van der Waals surface area contributed by atoms with Crippen LogP contribution in [0.2, 0.25) is 0 Å². The van der Waals surface area contributed by atoms with E-state index < -0.39 is 0 Å². The molecular formula is C16H37N3. The second-order valence-corrected chi connectivity index (χ2v) is 6.27. The van der Waals surface area contributed by atoms with Gasteiger partial charge in [-0.05, 0) is 87.0 Å².